The van der Waals surface area contributed by atoms with Crippen LogP contribution in [0.1, 0.15) is 28.4 Å². The number of hydrogen-bond acceptors (Lipinski definition) is 3. The van der Waals surface area contributed by atoms with Crippen molar-refractivity contribution < 1.29 is 9.59 Å². The molecule has 3 aromatic rings. The van der Waals surface area contributed by atoms with E-state index in [1.165, 1.54) is 0 Å². The summed E-state index contributed by atoms with van der Waals surface area (Å²) in [5, 5.41) is 13.5. The number of benzene rings is 2. The van der Waals surface area contributed by atoms with Crippen molar-refractivity contribution >= 4 is 28.5 Å². The average molecular weight is 306 g/mol. The van der Waals surface area contributed by atoms with Gasteiger partial charge in [0.1, 0.15) is 0 Å². The molecular formula is C17H14N4O2. The third kappa shape index (κ3) is 2.34. The van der Waals surface area contributed by atoms with Gasteiger partial charge in [-0.25, -0.2) is 0 Å². The lowest BCUT2D eigenvalue weighted by molar-refractivity contribution is -0.116. The van der Waals surface area contributed by atoms with Crippen molar-refractivity contribution in [3.05, 3.63) is 59.7 Å². The van der Waals surface area contributed by atoms with E-state index in [1.54, 1.807) is 6.07 Å². The predicted molar refractivity (Wildman–Crippen MR) is 86.0 cm³/mol. The van der Waals surface area contributed by atoms with Gasteiger partial charge >= 0.3 is 0 Å². The zero-order valence-corrected chi connectivity index (χ0v) is 12.2. The number of carbonyl (C=O) groups excluding carboxylic acids is 2. The number of fused-ring (bicyclic) bond motifs is 2. The minimum atomic E-state index is -0.302. The molecule has 6 heteroatoms. The van der Waals surface area contributed by atoms with E-state index in [2.05, 4.69) is 20.8 Å². The summed E-state index contributed by atoms with van der Waals surface area (Å²) in [7, 11) is 0. The number of aromatic amines is 1. The number of amides is 2. The van der Waals surface area contributed by atoms with Crippen LogP contribution < -0.4 is 10.6 Å². The Kier molecular flexibility index (Phi) is 3.08. The number of nitrogens with one attached hydrogen (secondary N) is 3. The Morgan fingerprint density at radius 3 is 2.83 bits per heavy atom. The van der Waals surface area contributed by atoms with Crippen molar-refractivity contribution in [2.24, 2.45) is 0 Å². The molecule has 0 saturated carbocycles. The molecule has 0 unspecified atom stereocenters. The molecule has 0 spiro atoms. The molecule has 0 aliphatic carbocycles. The zero-order chi connectivity index (χ0) is 15.8. The highest BCUT2D eigenvalue weighted by Crippen LogP contribution is 2.28. The van der Waals surface area contributed by atoms with Crippen molar-refractivity contribution in [2.75, 3.05) is 5.32 Å². The van der Waals surface area contributed by atoms with E-state index in [-0.39, 0.29) is 24.3 Å². The molecule has 1 aliphatic rings. The fraction of sp³-hybridized carbons (Fsp3) is 0.118. The monoisotopic (exact) mass is 306 g/mol. The lowest BCUT2D eigenvalue weighted by atomic mass is 10.0. The lowest BCUT2D eigenvalue weighted by Crippen LogP contribution is -2.24. The summed E-state index contributed by atoms with van der Waals surface area (Å²) in [6, 6.07) is 14.6. The smallest absolute Gasteiger partial charge is 0.252 e. The van der Waals surface area contributed by atoms with Gasteiger partial charge in [0, 0.05) is 10.9 Å². The second-order valence-electron chi connectivity index (χ2n) is 5.48. The number of para-hydroxylation sites is 1. The average Bonchev–Trinajstić information content (AvgIpc) is 3.10. The highest BCUT2D eigenvalue weighted by molar-refractivity contribution is 6.02. The van der Waals surface area contributed by atoms with Crippen LogP contribution >= 0.6 is 0 Å². The van der Waals surface area contributed by atoms with Crippen LogP contribution in [0.25, 0.3) is 10.9 Å². The molecule has 2 amide bonds. The van der Waals surface area contributed by atoms with Crippen LogP contribution in [0.4, 0.5) is 5.82 Å². The SMILES string of the molecule is O=C(C[C@H]1NC(=O)c2ccccc21)Nc1n[nH]c2ccccc12. The molecule has 2 aromatic carbocycles. The van der Waals surface area contributed by atoms with Gasteiger partial charge in [-0.1, -0.05) is 30.3 Å². The highest BCUT2D eigenvalue weighted by atomic mass is 16.2. The minimum Gasteiger partial charge on any atom is -0.345 e. The van der Waals surface area contributed by atoms with E-state index in [0.717, 1.165) is 16.5 Å². The molecule has 23 heavy (non-hydrogen) atoms. The van der Waals surface area contributed by atoms with Gasteiger partial charge < -0.3 is 10.6 Å². The van der Waals surface area contributed by atoms with E-state index in [4.69, 9.17) is 0 Å². The zero-order valence-electron chi connectivity index (χ0n) is 12.2. The van der Waals surface area contributed by atoms with E-state index >= 15 is 0 Å². The standard InChI is InChI=1S/C17H14N4O2/c22-15(19-16-12-7-3-4-8-13(12)20-21-16)9-14-10-5-1-2-6-11(10)17(23)18-14/h1-8,14H,9H2,(H,18,23)(H2,19,20,21,22)/t14-/m1/s1. The molecule has 0 radical (unpaired) electrons. The van der Waals surface area contributed by atoms with Crippen molar-refractivity contribution in [3.63, 3.8) is 0 Å². The maximum absolute atomic E-state index is 12.3. The first-order valence-corrected chi connectivity index (χ1v) is 7.35. The Bertz CT molecular complexity index is 916. The lowest BCUT2D eigenvalue weighted by Gasteiger charge is -2.11. The van der Waals surface area contributed by atoms with E-state index in [9.17, 15) is 9.59 Å². The van der Waals surface area contributed by atoms with Crippen LogP contribution in [-0.2, 0) is 4.79 Å². The van der Waals surface area contributed by atoms with Gasteiger partial charge in [0.15, 0.2) is 5.82 Å². The molecule has 0 saturated heterocycles. The normalized spacial score (nSPS) is 16.2. The summed E-state index contributed by atoms with van der Waals surface area (Å²) in [4.78, 5) is 24.2. The number of aromatic nitrogens is 2. The second kappa shape index (κ2) is 5.24. The van der Waals surface area contributed by atoms with Crippen LogP contribution in [0.5, 0.6) is 0 Å². The van der Waals surface area contributed by atoms with Gasteiger partial charge in [0.2, 0.25) is 5.91 Å². The summed E-state index contributed by atoms with van der Waals surface area (Å²) in [5.41, 5.74) is 2.36. The van der Waals surface area contributed by atoms with Gasteiger partial charge in [0.25, 0.3) is 5.91 Å². The molecule has 0 bridgehead atoms. The van der Waals surface area contributed by atoms with Crippen molar-refractivity contribution in [3.8, 4) is 0 Å². The summed E-state index contributed by atoms with van der Waals surface area (Å²) >= 11 is 0. The quantitative estimate of drug-likeness (QED) is 0.694. The number of nitrogens with zero attached hydrogens (tertiary/aromatic N) is 1. The molecule has 1 aliphatic heterocycles. The molecule has 3 N–H and O–H groups in total. The summed E-state index contributed by atoms with van der Waals surface area (Å²) < 4.78 is 0. The second-order valence-corrected chi connectivity index (χ2v) is 5.48. The Morgan fingerprint density at radius 1 is 1.13 bits per heavy atom. The van der Waals surface area contributed by atoms with Crippen LogP contribution in [0.15, 0.2) is 48.5 Å². The molecule has 114 valence electrons. The molecule has 0 fully saturated rings. The third-order valence-corrected chi connectivity index (χ3v) is 4.00. The van der Waals surface area contributed by atoms with Gasteiger partial charge in [-0.2, -0.15) is 5.10 Å². The van der Waals surface area contributed by atoms with Crippen molar-refractivity contribution in [1.29, 1.82) is 0 Å². The van der Waals surface area contributed by atoms with Gasteiger partial charge in [-0.05, 0) is 23.8 Å². The minimum absolute atomic E-state index is 0.136. The van der Waals surface area contributed by atoms with E-state index in [1.807, 2.05) is 42.5 Å². The van der Waals surface area contributed by atoms with E-state index in [0.29, 0.717) is 11.4 Å². The number of anilines is 1. The number of rotatable bonds is 3. The summed E-state index contributed by atoms with van der Waals surface area (Å²) in [6.07, 6.45) is 0.171. The van der Waals surface area contributed by atoms with Crippen LogP contribution in [0, 0.1) is 0 Å². The maximum atomic E-state index is 12.3. The van der Waals surface area contributed by atoms with Gasteiger partial charge in [-0.15, -0.1) is 0 Å². The van der Waals surface area contributed by atoms with Crippen LogP contribution in [0.3, 0.4) is 0 Å². The van der Waals surface area contributed by atoms with Crippen molar-refractivity contribution in [1.82, 2.24) is 15.5 Å². The number of hydrogen-bond donors (Lipinski definition) is 3. The fourth-order valence-corrected chi connectivity index (χ4v) is 2.91. The van der Waals surface area contributed by atoms with Gasteiger partial charge in [-0.3, -0.25) is 14.7 Å². The largest absolute Gasteiger partial charge is 0.345 e. The highest BCUT2D eigenvalue weighted by Gasteiger charge is 2.29. The first kappa shape index (κ1) is 13.5. The summed E-state index contributed by atoms with van der Waals surface area (Å²) in [5.74, 6) is 0.177. The molecule has 1 aromatic heterocycles. The van der Waals surface area contributed by atoms with Crippen LogP contribution in [0.2, 0.25) is 0 Å². The number of H-pyrrole nitrogens is 1. The fourth-order valence-electron chi connectivity index (χ4n) is 2.91. The first-order valence-electron chi connectivity index (χ1n) is 7.35. The predicted octanol–water partition coefficient (Wildman–Crippen LogP) is 2.38. The summed E-state index contributed by atoms with van der Waals surface area (Å²) in [6.45, 7) is 0. The van der Waals surface area contributed by atoms with Crippen molar-refractivity contribution in [2.45, 2.75) is 12.5 Å². The molecule has 2 heterocycles. The Hall–Kier alpha value is -3.15. The Labute approximate surface area is 131 Å². The van der Waals surface area contributed by atoms with Crippen LogP contribution in [-0.4, -0.2) is 22.0 Å². The Morgan fingerprint density at radius 2 is 1.91 bits per heavy atom. The third-order valence-electron chi connectivity index (χ3n) is 4.00. The molecular weight excluding hydrogens is 292 g/mol. The molecule has 4 rings (SSSR count). The molecule has 1 atom stereocenters. The topological polar surface area (TPSA) is 86.9 Å². The Balaban J connectivity index is 1.52. The first-order chi connectivity index (χ1) is 11.2. The maximum Gasteiger partial charge on any atom is 0.252 e. The molecule has 6 nitrogen and oxygen atoms in total. The number of carbonyl (C=O) groups is 2. The van der Waals surface area contributed by atoms with Gasteiger partial charge in [0.05, 0.1) is 18.0 Å². The van der Waals surface area contributed by atoms with E-state index < -0.39 is 0 Å².